The highest BCUT2D eigenvalue weighted by Gasteiger charge is 2.16. The molecular weight excluding hydrogens is 288 g/mol. The van der Waals surface area contributed by atoms with E-state index in [2.05, 4.69) is 10.4 Å². The fraction of sp³-hybridized carbons (Fsp3) is 0.357. The second kappa shape index (κ2) is 5.40. The van der Waals surface area contributed by atoms with Crippen LogP contribution in [0.1, 0.15) is 25.5 Å². The zero-order valence-electron chi connectivity index (χ0n) is 12.6. The van der Waals surface area contributed by atoms with Gasteiger partial charge >= 0.3 is 0 Å². The van der Waals surface area contributed by atoms with Gasteiger partial charge in [0.2, 0.25) is 0 Å². The number of nitrogens with one attached hydrogen (secondary N) is 1. The van der Waals surface area contributed by atoms with Crippen molar-refractivity contribution in [2.45, 2.75) is 24.7 Å². The average Bonchev–Trinajstić information content (AvgIpc) is 2.66. The molecule has 7 heteroatoms. The molecule has 114 valence electrons. The van der Waals surface area contributed by atoms with Gasteiger partial charge in [-0.3, -0.25) is 4.68 Å². The number of anilines is 3. The first-order valence-corrected chi connectivity index (χ1v) is 8.48. The molecule has 1 aromatic heterocycles. The number of nitrogens with zero attached hydrogens (tertiary/aromatic N) is 2. The Morgan fingerprint density at radius 2 is 1.81 bits per heavy atom. The van der Waals surface area contributed by atoms with E-state index in [-0.39, 0.29) is 10.8 Å². The van der Waals surface area contributed by atoms with Gasteiger partial charge in [0, 0.05) is 19.0 Å². The number of aryl methyl sites for hydroxylation is 1. The first kappa shape index (κ1) is 15.4. The van der Waals surface area contributed by atoms with Gasteiger partial charge in [-0.1, -0.05) is 13.8 Å². The van der Waals surface area contributed by atoms with Crippen molar-refractivity contribution in [1.29, 1.82) is 0 Å². The van der Waals surface area contributed by atoms with Crippen LogP contribution >= 0.6 is 0 Å². The Labute approximate surface area is 124 Å². The van der Waals surface area contributed by atoms with E-state index in [0.717, 1.165) is 11.4 Å². The lowest BCUT2D eigenvalue weighted by Gasteiger charge is -2.08. The SMILES string of the molecule is CC(C)c1nn(C)c(Nc2ccc(S(C)(=O)=O)cc2)c1N. The van der Waals surface area contributed by atoms with Crippen LogP contribution in [0.5, 0.6) is 0 Å². The second-order valence-corrected chi connectivity index (χ2v) is 7.36. The molecule has 0 radical (unpaired) electrons. The summed E-state index contributed by atoms with van der Waals surface area (Å²) in [7, 11) is -1.37. The Morgan fingerprint density at radius 1 is 1.24 bits per heavy atom. The van der Waals surface area contributed by atoms with Crippen LogP contribution in [-0.2, 0) is 16.9 Å². The predicted octanol–water partition coefficient (Wildman–Crippen LogP) is 2.27. The van der Waals surface area contributed by atoms with Crippen molar-refractivity contribution in [1.82, 2.24) is 9.78 Å². The van der Waals surface area contributed by atoms with Crippen molar-refractivity contribution in [3.8, 4) is 0 Å². The van der Waals surface area contributed by atoms with Gasteiger partial charge in [-0.25, -0.2) is 8.42 Å². The molecule has 2 rings (SSSR count). The summed E-state index contributed by atoms with van der Waals surface area (Å²) in [5.41, 5.74) is 8.32. The van der Waals surface area contributed by atoms with Gasteiger partial charge in [0.05, 0.1) is 16.3 Å². The maximum absolute atomic E-state index is 11.4. The third-order valence-electron chi connectivity index (χ3n) is 3.20. The summed E-state index contributed by atoms with van der Waals surface area (Å²) >= 11 is 0. The number of rotatable bonds is 4. The molecule has 0 unspecified atom stereocenters. The first-order valence-electron chi connectivity index (χ1n) is 6.59. The van der Waals surface area contributed by atoms with Crippen LogP contribution in [0.15, 0.2) is 29.2 Å². The van der Waals surface area contributed by atoms with E-state index in [1.54, 1.807) is 28.9 Å². The second-order valence-electron chi connectivity index (χ2n) is 5.35. The smallest absolute Gasteiger partial charge is 0.175 e. The summed E-state index contributed by atoms with van der Waals surface area (Å²) in [6, 6.07) is 6.54. The summed E-state index contributed by atoms with van der Waals surface area (Å²) in [6.45, 7) is 4.06. The van der Waals surface area contributed by atoms with Crippen LogP contribution in [0.2, 0.25) is 0 Å². The quantitative estimate of drug-likeness (QED) is 0.904. The molecule has 0 saturated carbocycles. The van der Waals surface area contributed by atoms with Crippen LogP contribution in [0.3, 0.4) is 0 Å². The predicted molar refractivity (Wildman–Crippen MR) is 84.5 cm³/mol. The fourth-order valence-electron chi connectivity index (χ4n) is 2.06. The normalized spacial score (nSPS) is 11.9. The van der Waals surface area contributed by atoms with Gasteiger partial charge in [0.15, 0.2) is 15.7 Å². The molecular formula is C14H20N4O2S. The van der Waals surface area contributed by atoms with Crippen LogP contribution in [0, 0.1) is 0 Å². The highest BCUT2D eigenvalue weighted by Crippen LogP contribution is 2.30. The lowest BCUT2D eigenvalue weighted by molar-refractivity contribution is 0.602. The number of nitrogens with two attached hydrogens (primary N) is 1. The largest absolute Gasteiger partial charge is 0.394 e. The third kappa shape index (κ3) is 3.18. The molecule has 2 aromatic rings. The minimum atomic E-state index is -3.19. The Morgan fingerprint density at radius 3 is 2.24 bits per heavy atom. The Balaban J connectivity index is 2.31. The van der Waals surface area contributed by atoms with Gasteiger partial charge in [0.25, 0.3) is 0 Å². The Kier molecular flexibility index (Phi) is 3.95. The lowest BCUT2D eigenvalue weighted by Crippen LogP contribution is -2.02. The summed E-state index contributed by atoms with van der Waals surface area (Å²) in [4.78, 5) is 0.286. The summed E-state index contributed by atoms with van der Waals surface area (Å²) < 4.78 is 24.6. The Hall–Kier alpha value is -2.02. The molecule has 0 spiro atoms. The van der Waals surface area contributed by atoms with Crippen molar-refractivity contribution in [3.05, 3.63) is 30.0 Å². The highest BCUT2D eigenvalue weighted by molar-refractivity contribution is 7.90. The van der Waals surface area contributed by atoms with E-state index in [4.69, 9.17) is 5.73 Å². The lowest BCUT2D eigenvalue weighted by atomic mass is 10.1. The maximum atomic E-state index is 11.4. The van der Waals surface area contributed by atoms with E-state index in [9.17, 15) is 8.42 Å². The van der Waals surface area contributed by atoms with E-state index in [0.29, 0.717) is 11.5 Å². The third-order valence-corrected chi connectivity index (χ3v) is 4.33. The minimum Gasteiger partial charge on any atom is -0.394 e. The molecule has 1 heterocycles. The molecule has 3 N–H and O–H groups in total. The van der Waals surface area contributed by atoms with E-state index in [1.165, 1.54) is 6.26 Å². The first-order chi connectivity index (χ1) is 9.70. The van der Waals surface area contributed by atoms with Crippen molar-refractivity contribution in [2.75, 3.05) is 17.3 Å². The molecule has 0 bridgehead atoms. The van der Waals surface area contributed by atoms with Crippen LogP contribution in [0.4, 0.5) is 17.2 Å². The van der Waals surface area contributed by atoms with Crippen LogP contribution < -0.4 is 11.1 Å². The molecule has 0 saturated heterocycles. The fourth-order valence-corrected chi connectivity index (χ4v) is 2.69. The number of nitrogen functional groups attached to an aromatic ring is 1. The number of hydrogen-bond acceptors (Lipinski definition) is 5. The molecule has 0 aliphatic rings. The minimum absolute atomic E-state index is 0.236. The topological polar surface area (TPSA) is 90.0 Å². The average molecular weight is 308 g/mol. The molecule has 0 aliphatic carbocycles. The van der Waals surface area contributed by atoms with Crippen molar-refractivity contribution < 1.29 is 8.42 Å². The molecule has 1 aromatic carbocycles. The number of sulfone groups is 1. The monoisotopic (exact) mass is 308 g/mol. The van der Waals surface area contributed by atoms with Gasteiger partial charge < -0.3 is 11.1 Å². The molecule has 0 amide bonds. The van der Waals surface area contributed by atoms with E-state index in [1.807, 2.05) is 20.9 Å². The van der Waals surface area contributed by atoms with Crippen molar-refractivity contribution >= 4 is 27.0 Å². The van der Waals surface area contributed by atoms with Gasteiger partial charge in [0.1, 0.15) is 0 Å². The maximum Gasteiger partial charge on any atom is 0.175 e. The van der Waals surface area contributed by atoms with Crippen molar-refractivity contribution in [3.63, 3.8) is 0 Å². The molecule has 0 aliphatic heterocycles. The van der Waals surface area contributed by atoms with Gasteiger partial charge in [-0.05, 0) is 30.2 Å². The van der Waals surface area contributed by atoms with Crippen LogP contribution in [0.25, 0.3) is 0 Å². The van der Waals surface area contributed by atoms with Crippen molar-refractivity contribution in [2.24, 2.45) is 7.05 Å². The van der Waals surface area contributed by atoms with Gasteiger partial charge in [-0.15, -0.1) is 0 Å². The highest BCUT2D eigenvalue weighted by atomic mass is 32.2. The molecule has 6 nitrogen and oxygen atoms in total. The zero-order valence-corrected chi connectivity index (χ0v) is 13.4. The Bertz CT molecular complexity index is 746. The zero-order chi connectivity index (χ0) is 15.8. The van der Waals surface area contributed by atoms with Gasteiger partial charge in [-0.2, -0.15) is 5.10 Å². The standard InChI is InChI=1S/C14H20N4O2S/c1-9(2)13-12(15)14(18(3)17-13)16-10-5-7-11(8-6-10)21(4,19)20/h5-9,16H,15H2,1-4H3. The summed E-state index contributed by atoms with van der Waals surface area (Å²) in [5, 5.41) is 7.57. The number of aromatic nitrogens is 2. The summed E-state index contributed by atoms with van der Waals surface area (Å²) in [5.74, 6) is 0.935. The molecule has 21 heavy (non-hydrogen) atoms. The van der Waals surface area contributed by atoms with Crippen LogP contribution in [-0.4, -0.2) is 24.5 Å². The number of benzene rings is 1. The summed E-state index contributed by atoms with van der Waals surface area (Å²) in [6.07, 6.45) is 1.18. The van der Waals surface area contributed by atoms with E-state index < -0.39 is 9.84 Å². The number of hydrogen-bond donors (Lipinski definition) is 2. The molecule has 0 fully saturated rings. The molecule has 0 atom stereocenters. The van der Waals surface area contributed by atoms with E-state index >= 15 is 0 Å².